The lowest BCUT2D eigenvalue weighted by Crippen LogP contribution is -2.40. The van der Waals surface area contributed by atoms with Crippen molar-refractivity contribution < 1.29 is 5.11 Å². The fourth-order valence-electron chi connectivity index (χ4n) is 0.862. The van der Waals surface area contributed by atoms with E-state index in [2.05, 4.69) is 5.32 Å². The molecule has 1 aliphatic rings. The largest absolute Gasteiger partial charge is 0.368 e. The van der Waals surface area contributed by atoms with E-state index in [9.17, 15) is 5.11 Å². The van der Waals surface area contributed by atoms with Crippen LogP contribution < -0.4 is 5.32 Å². The van der Waals surface area contributed by atoms with Gasteiger partial charge in [-0.2, -0.15) is 0 Å². The lowest BCUT2D eigenvalue weighted by atomic mass is 10.1. The summed E-state index contributed by atoms with van der Waals surface area (Å²) in [6, 6.07) is 0. The molecule has 50 valence electrons. The van der Waals surface area contributed by atoms with Gasteiger partial charge in [0.25, 0.3) is 0 Å². The van der Waals surface area contributed by atoms with Gasteiger partial charge >= 0.3 is 0 Å². The highest BCUT2D eigenvalue weighted by atomic mass is 16.3. The molecule has 1 atom stereocenters. The first-order valence-electron chi connectivity index (χ1n) is 2.97. The second-order valence-electron chi connectivity index (χ2n) is 2.48. The van der Waals surface area contributed by atoms with Gasteiger partial charge in [-0.25, -0.2) is 0 Å². The predicted octanol–water partition coefficient (Wildman–Crippen LogP) is 0.758. The number of dihydropyridines is 1. The first-order valence-corrected chi connectivity index (χ1v) is 2.97. The van der Waals surface area contributed by atoms with Gasteiger partial charge in [0.05, 0.1) is 0 Å². The van der Waals surface area contributed by atoms with E-state index in [1.165, 1.54) is 0 Å². The first kappa shape index (κ1) is 6.36. The molecule has 1 aliphatic heterocycles. The summed E-state index contributed by atoms with van der Waals surface area (Å²) in [5.41, 5.74) is 0.140. The van der Waals surface area contributed by atoms with Gasteiger partial charge in [-0.15, -0.1) is 0 Å². The molecule has 0 aromatic heterocycles. The summed E-state index contributed by atoms with van der Waals surface area (Å²) >= 11 is 0. The van der Waals surface area contributed by atoms with Crippen molar-refractivity contribution in [3.05, 3.63) is 23.9 Å². The zero-order chi connectivity index (χ0) is 6.91. The molecular formula is C7H11NO. The Balaban J connectivity index is 2.73. The first-order chi connectivity index (χ1) is 4.10. The maximum Gasteiger partial charge on any atom is 0.152 e. The number of aliphatic hydroxyl groups is 1. The minimum Gasteiger partial charge on any atom is -0.368 e. The number of nitrogens with one attached hydrogen (secondary N) is 1. The van der Waals surface area contributed by atoms with Crippen molar-refractivity contribution in [1.29, 1.82) is 0 Å². The predicted molar refractivity (Wildman–Crippen MR) is 36.7 cm³/mol. The average Bonchev–Trinajstić information content (AvgIpc) is 1.60. The van der Waals surface area contributed by atoms with E-state index in [0.29, 0.717) is 0 Å². The molecule has 0 amide bonds. The maximum atomic E-state index is 9.31. The Hall–Kier alpha value is -0.760. The quantitative estimate of drug-likeness (QED) is 0.501. The second-order valence-corrected chi connectivity index (χ2v) is 2.48. The van der Waals surface area contributed by atoms with E-state index in [4.69, 9.17) is 0 Å². The van der Waals surface area contributed by atoms with Crippen molar-refractivity contribution in [1.82, 2.24) is 5.32 Å². The summed E-state index contributed by atoms with van der Waals surface area (Å²) in [6.45, 7) is 3.62. The molecule has 0 bridgehead atoms. The third-order valence-electron chi connectivity index (χ3n) is 1.22. The van der Waals surface area contributed by atoms with Gasteiger partial charge in [-0.3, -0.25) is 0 Å². The lowest BCUT2D eigenvalue weighted by molar-refractivity contribution is 0.0839. The van der Waals surface area contributed by atoms with Gasteiger partial charge in [-0.05, 0) is 26.0 Å². The van der Waals surface area contributed by atoms with Crippen LogP contribution in [-0.4, -0.2) is 10.8 Å². The smallest absolute Gasteiger partial charge is 0.152 e. The summed E-state index contributed by atoms with van der Waals surface area (Å²) < 4.78 is 0. The minimum absolute atomic E-state index is 0.848. The molecular weight excluding hydrogens is 114 g/mol. The Morgan fingerprint density at radius 1 is 1.67 bits per heavy atom. The third kappa shape index (κ3) is 1.57. The third-order valence-corrected chi connectivity index (χ3v) is 1.22. The van der Waals surface area contributed by atoms with Crippen LogP contribution in [0.25, 0.3) is 0 Å². The van der Waals surface area contributed by atoms with Crippen molar-refractivity contribution in [2.24, 2.45) is 0 Å². The molecule has 0 saturated carbocycles. The van der Waals surface area contributed by atoms with Gasteiger partial charge in [0.2, 0.25) is 0 Å². The van der Waals surface area contributed by atoms with Crippen molar-refractivity contribution in [2.45, 2.75) is 19.6 Å². The monoisotopic (exact) mass is 125 g/mol. The standard InChI is InChI=1S/C7H11NO/c1-6-4-3-5-7(2,9)8-6/h3-5,8-9H,1-2H3/t7-/m1/s1. The van der Waals surface area contributed by atoms with E-state index >= 15 is 0 Å². The fraction of sp³-hybridized carbons (Fsp3) is 0.429. The van der Waals surface area contributed by atoms with Crippen molar-refractivity contribution in [2.75, 3.05) is 0 Å². The van der Waals surface area contributed by atoms with Gasteiger partial charge in [0.1, 0.15) is 0 Å². The van der Waals surface area contributed by atoms with E-state index in [1.807, 2.05) is 19.1 Å². The molecule has 0 radical (unpaired) electrons. The molecule has 0 fully saturated rings. The van der Waals surface area contributed by atoms with Crippen LogP contribution in [0.1, 0.15) is 13.8 Å². The summed E-state index contributed by atoms with van der Waals surface area (Å²) in [6.07, 6.45) is 5.46. The summed E-state index contributed by atoms with van der Waals surface area (Å²) in [4.78, 5) is 0. The lowest BCUT2D eigenvalue weighted by Gasteiger charge is -2.24. The highest BCUT2D eigenvalue weighted by Gasteiger charge is 2.16. The van der Waals surface area contributed by atoms with Crippen LogP contribution in [0.2, 0.25) is 0 Å². The second kappa shape index (κ2) is 1.88. The Kier molecular flexibility index (Phi) is 1.33. The zero-order valence-electron chi connectivity index (χ0n) is 5.68. The average molecular weight is 125 g/mol. The summed E-state index contributed by atoms with van der Waals surface area (Å²) in [5, 5.41) is 12.2. The number of rotatable bonds is 0. The molecule has 0 aromatic carbocycles. The molecule has 1 heterocycles. The molecule has 0 saturated heterocycles. The molecule has 0 unspecified atom stereocenters. The SMILES string of the molecule is CC1=CC=C[C@@](C)(O)N1. The minimum atomic E-state index is -0.848. The number of hydrogen-bond acceptors (Lipinski definition) is 2. The fourth-order valence-corrected chi connectivity index (χ4v) is 0.862. The number of hydrogen-bond donors (Lipinski definition) is 2. The topological polar surface area (TPSA) is 32.3 Å². The molecule has 2 heteroatoms. The summed E-state index contributed by atoms with van der Waals surface area (Å²) in [7, 11) is 0. The molecule has 0 aliphatic carbocycles. The van der Waals surface area contributed by atoms with E-state index in [-0.39, 0.29) is 0 Å². The molecule has 0 aromatic rings. The maximum absolute atomic E-state index is 9.31. The van der Waals surface area contributed by atoms with Gasteiger partial charge < -0.3 is 10.4 Å². The highest BCUT2D eigenvalue weighted by Crippen LogP contribution is 2.08. The van der Waals surface area contributed by atoms with Crippen molar-refractivity contribution >= 4 is 0 Å². The number of allylic oxidation sites excluding steroid dienone is 3. The molecule has 0 spiro atoms. The van der Waals surface area contributed by atoms with Gasteiger partial charge in [-0.1, -0.05) is 6.08 Å². The van der Waals surface area contributed by atoms with Crippen LogP contribution in [0.4, 0.5) is 0 Å². The van der Waals surface area contributed by atoms with Crippen LogP contribution in [0.15, 0.2) is 23.9 Å². The van der Waals surface area contributed by atoms with Crippen molar-refractivity contribution in [3.8, 4) is 0 Å². The van der Waals surface area contributed by atoms with E-state index in [1.54, 1.807) is 13.0 Å². The Morgan fingerprint density at radius 2 is 2.33 bits per heavy atom. The molecule has 2 nitrogen and oxygen atoms in total. The van der Waals surface area contributed by atoms with E-state index in [0.717, 1.165) is 5.70 Å². The molecule has 9 heavy (non-hydrogen) atoms. The van der Waals surface area contributed by atoms with Gasteiger partial charge in [0, 0.05) is 5.70 Å². The van der Waals surface area contributed by atoms with Crippen LogP contribution in [0.5, 0.6) is 0 Å². The summed E-state index contributed by atoms with van der Waals surface area (Å²) in [5.74, 6) is 0. The van der Waals surface area contributed by atoms with E-state index < -0.39 is 5.72 Å². The van der Waals surface area contributed by atoms with Gasteiger partial charge in [0.15, 0.2) is 5.72 Å². The Labute approximate surface area is 54.9 Å². The highest BCUT2D eigenvalue weighted by molar-refractivity contribution is 5.19. The zero-order valence-corrected chi connectivity index (χ0v) is 5.68. The molecule has 1 rings (SSSR count). The van der Waals surface area contributed by atoms with Crippen LogP contribution >= 0.6 is 0 Å². The Morgan fingerprint density at radius 3 is 2.67 bits per heavy atom. The van der Waals surface area contributed by atoms with Crippen LogP contribution in [0, 0.1) is 0 Å². The Bertz CT molecular complexity index is 168. The van der Waals surface area contributed by atoms with Crippen LogP contribution in [0.3, 0.4) is 0 Å². The normalized spacial score (nSPS) is 33.4. The van der Waals surface area contributed by atoms with Crippen LogP contribution in [-0.2, 0) is 0 Å². The van der Waals surface area contributed by atoms with Crippen molar-refractivity contribution in [3.63, 3.8) is 0 Å². The molecule has 2 N–H and O–H groups in total.